The number of rotatable bonds is 7. The first-order valence-electron chi connectivity index (χ1n) is 10.4. The first-order chi connectivity index (χ1) is 15.4. The first-order valence-corrected chi connectivity index (χ1v) is 11.2. The Bertz CT molecular complexity index is 1300. The van der Waals surface area contributed by atoms with E-state index in [0.717, 1.165) is 51.5 Å². The molecule has 0 aliphatic rings. The molecule has 4 rings (SSSR count). The van der Waals surface area contributed by atoms with Crippen LogP contribution in [0.2, 0.25) is 0 Å². The van der Waals surface area contributed by atoms with Crippen LogP contribution in [0, 0.1) is 13.8 Å². The maximum absolute atomic E-state index is 11.1. The van der Waals surface area contributed by atoms with Crippen molar-refractivity contribution in [2.24, 2.45) is 0 Å². The van der Waals surface area contributed by atoms with Gasteiger partial charge in [-0.2, -0.15) is 0 Å². The van der Waals surface area contributed by atoms with Crippen molar-refractivity contribution in [1.29, 1.82) is 0 Å². The Hall–Kier alpha value is -3.19. The Labute approximate surface area is 195 Å². The molecule has 0 radical (unpaired) electrons. The van der Waals surface area contributed by atoms with E-state index in [-0.39, 0.29) is 5.56 Å². The Morgan fingerprint density at radius 2 is 1.84 bits per heavy atom. The minimum absolute atomic E-state index is 0.239. The number of fused-ring (bicyclic) bond motifs is 1. The lowest BCUT2D eigenvalue weighted by atomic mass is 10.1. The molecule has 2 aromatic carbocycles. The van der Waals surface area contributed by atoms with E-state index in [1.54, 1.807) is 18.2 Å². The number of aromatic carboxylic acids is 1. The summed E-state index contributed by atoms with van der Waals surface area (Å²) in [5.41, 5.74) is 6.29. The van der Waals surface area contributed by atoms with E-state index in [9.17, 15) is 4.79 Å². The van der Waals surface area contributed by atoms with E-state index in [2.05, 4.69) is 40.4 Å². The smallest absolute Gasteiger partial charge is 0.335 e. The molecule has 0 amide bonds. The average Bonchev–Trinajstić information content (AvgIpc) is 3.11. The Morgan fingerprint density at radius 1 is 1.09 bits per heavy atom. The van der Waals surface area contributed by atoms with Crippen LogP contribution in [-0.2, 0) is 19.6 Å². The molecule has 0 bridgehead atoms. The minimum Gasteiger partial charge on any atom is -0.489 e. The molecule has 4 aromatic rings. The summed E-state index contributed by atoms with van der Waals surface area (Å²) < 4.78 is 8.80. The number of carboxylic acids is 1. The third kappa shape index (κ3) is 4.53. The zero-order valence-electron chi connectivity index (χ0n) is 18.2. The molecular weight excluding hydrogens is 470 g/mol. The Balaban J connectivity index is 1.50. The van der Waals surface area contributed by atoms with Gasteiger partial charge in [0.25, 0.3) is 0 Å². The van der Waals surface area contributed by atoms with Gasteiger partial charge in [-0.25, -0.2) is 14.8 Å². The number of hydrogen-bond donors (Lipinski definition) is 1. The number of nitrogens with zero attached hydrogens (tertiary/aromatic N) is 3. The number of aromatic nitrogens is 3. The van der Waals surface area contributed by atoms with Gasteiger partial charge in [-0.3, -0.25) is 0 Å². The van der Waals surface area contributed by atoms with Crippen molar-refractivity contribution in [2.75, 3.05) is 0 Å². The van der Waals surface area contributed by atoms with E-state index in [1.807, 2.05) is 31.2 Å². The van der Waals surface area contributed by atoms with Gasteiger partial charge in [-0.05, 0) is 55.3 Å². The predicted octanol–water partition coefficient (Wildman–Crippen LogP) is 5.70. The standard InChI is InChI=1S/C25H24BrN3O3/c1-4-22-28-23-15(2)11-16(3)27-24(23)29(22)13-17-5-9-20(10-6-17)32-14-19-8-7-18(25(30)31)12-21(19)26/h5-12H,4,13-14H2,1-3H3,(H,30,31). The highest BCUT2D eigenvalue weighted by molar-refractivity contribution is 9.10. The number of hydrogen-bond acceptors (Lipinski definition) is 4. The van der Waals surface area contributed by atoms with Crippen LogP contribution in [0.5, 0.6) is 5.75 Å². The lowest BCUT2D eigenvalue weighted by Gasteiger charge is -2.11. The fourth-order valence-corrected chi connectivity index (χ4v) is 4.21. The van der Waals surface area contributed by atoms with Crippen LogP contribution in [0.4, 0.5) is 0 Å². The summed E-state index contributed by atoms with van der Waals surface area (Å²) in [5.74, 6) is 0.821. The predicted molar refractivity (Wildman–Crippen MR) is 127 cm³/mol. The monoisotopic (exact) mass is 493 g/mol. The van der Waals surface area contributed by atoms with Gasteiger partial charge in [0, 0.05) is 22.2 Å². The third-order valence-electron chi connectivity index (χ3n) is 5.38. The zero-order chi connectivity index (χ0) is 22.8. The van der Waals surface area contributed by atoms with Gasteiger partial charge in [0.05, 0.1) is 12.1 Å². The molecule has 32 heavy (non-hydrogen) atoms. The molecule has 6 nitrogen and oxygen atoms in total. The van der Waals surface area contributed by atoms with Crippen molar-refractivity contribution in [3.8, 4) is 5.75 Å². The van der Waals surface area contributed by atoms with Crippen LogP contribution in [0.15, 0.2) is 53.0 Å². The highest BCUT2D eigenvalue weighted by atomic mass is 79.9. The van der Waals surface area contributed by atoms with Crippen LogP contribution >= 0.6 is 15.9 Å². The molecule has 0 saturated heterocycles. The van der Waals surface area contributed by atoms with Crippen LogP contribution < -0.4 is 4.74 Å². The van der Waals surface area contributed by atoms with E-state index in [0.29, 0.717) is 17.6 Å². The fraction of sp³-hybridized carbons (Fsp3) is 0.240. The molecule has 7 heteroatoms. The minimum atomic E-state index is -0.953. The lowest BCUT2D eigenvalue weighted by Crippen LogP contribution is -2.06. The molecule has 0 unspecified atom stereocenters. The average molecular weight is 494 g/mol. The van der Waals surface area contributed by atoms with Gasteiger partial charge in [0.1, 0.15) is 23.7 Å². The summed E-state index contributed by atoms with van der Waals surface area (Å²) in [7, 11) is 0. The van der Waals surface area contributed by atoms with Gasteiger partial charge in [-0.1, -0.05) is 41.1 Å². The molecule has 0 spiro atoms. The van der Waals surface area contributed by atoms with Crippen molar-refractivity contribution in [3.05, 3.63) is 86.8 Å². The van der Waals surface area contributed by atoms with Crippen LogP contribution in [-0.4, -0.2) is 25.6 Å². The van der Waals surface area contributed by atoms with Gasteiger partial charge >= 0.3 is 5.97 Å². The second-order valence-corrected chi connectivity index (χ2v) is 8.62. The van der Waals surface area contributed by atoms with E-state index < -0.39 is 5.97 Å². The summed E-state index contributed by atoms with van der Waals surface area (Å²) in [4.78, 5) is 20.6. The summed E-state index contributed by atoms with van der Waals surface area (Å²) in [6.45, 7) is 7.23. The number of halogens is 1. The molecule has 0 aliphatic carbocycles. The van der Waals surface area contributed by atoms with Crippen molar-refractivity contribution in [2.45, 2.75) is 40.3 Å². The Kier molecular flexibility index (Phi) is 6.28. The van der Waals surface area contributed by atoms with Crippen LogP contribution in [0.1, 0.15) is 45.5 Å². The highest BCUT2D eigenvalue weighted by Crippen LogP contribution is 2.24. The number of imidazole rings is 1. The van der Waals surface area contributed by atoms with Gasteiger partial charge < -0.3 is 14.4 Å². The van der Waals surface area contributed by atoms with Gasteiger partial charge in [-0.15, -0.1) is 0 Å². The zero-order valence-corrected chi connectivity index (χ0v) is 19.8. The van der Waals surface area contributed by atoms with Crippen molar-refractivity contribution in [1.82, 2.24) is 14.5 Å². The van der Waals surface area contributed by atoms with Crippen LogP contribution in [0.3, 0.4) is 0 Å². The molecule has 2 heterocycles. The Morgan fingerprint density at radius 3 is 2.50 bits per heavy atom. The number of pyridine rings is 1. The molecule has 0 atom stereocenters. The summed E-state index contributed by atoms with van der Waals surface area (Å²) in [5, 5.41) is 9.08. The van der Waals surface area contributed by atoms with Crippen LogP contribution in [0.25, 0.3) is 11.2 Å². The summed E-state index contributed by atoms with van der Waals surface area (Å²) in [6.07, 6.45) is 0.839. The van der Waals surface area contributed by atoms with Crippen molar-refractivity contribution < 1.29 is 14.6 Å². The fourth-order valence-electron chi connectivity index (χ4n) is 3.72. The largest absolute Gasteiger partial charge is 0.489 e. The number of ether oxygens (including phenoxy) is 1. The number of carbonyl (C=O) groups is 1. The number of aryl methyl sites for hydroxylation is 3. The molecule has 1 N–H and O–H groups in total. The quantitative estimate of drug-likeness (QED) is 0.357. The molecule has 2 aromatic heterocycles. The molecule has 0 aliphatic heterocycles. The topological polar surface area (TPSA) is 77.2 Å². The maximum atomic E-state index is 11.1. The summed E-state index contributed by atoms with van der Waals surface area (Å²) >= 11 is 3.42. The van der Waals surface area contributed by atoms with Crippen molar-refractivity contribution >= 4 is 33.1 Å². The molecule has 0 fully saturated rings. The second kappa shape index (κ2) is 9.12. The van der Waals surface area contributed by atoms with E-state index >= 15 is 0 Å². The molecular formula is C25H24BrN3O3. The number of benzene rings is 2. The van der Waals surface area contributed by atoms with E-state index in [4.69, 9.17) is 19.8 Å². The molecule has 164 valence electrons. The lowest BCUT2D eigenvalue weighted by molar-refractivity contribution is 0.0696. The maximum Gasteiger partial charge on any atom is 0.335 e. The normalized spacial score (nSPS) is 11.1. The number of carboxylic acid groups (broad SMARTS) is 1. The first kappa shape index (κ1) is 22.0. The second-order valence-electron chi connectivity index (χ2n) is 7.76. The third-order valence-corrected chi connectivity index (χ3v) is 6.11. The van der Waals surface area contributed by atoms with E-state index in [1.165, 1.54) is 0 Å². The SMILES string of the molecule is CCc1nc2c(C)cc(C)nc2n1Cc1ccc(OCc2ccc(C(=O)O)cc2Br)cc1. The van der Waals surface area contributed by atoms with Crippen molar-refractivity contribution in [3.63, 3.8) is 0 Å². The molecule has 0 saturated carbocycles. The van der Waals surface area contributed by atoms with Gasteiger partial charge in [0.15, 0.2) is 5.65 Å². The summed E-state index contributed by atoms with van der Waals surface area (Å²) in [6, 6.07) is 15.0. The highest BCUT2D eigenvalue weighted by Gasteiger charge is 2.14. The van der Waals surface area contributed by atoms with Gasteiger partial charge in [0.2, 0.25) is 0 Å².